The zero-order chi connectivity index (χ0) is 22.4. The van der Waals surface area contributed by atoms with E-state index in [1.54, 1.807) is 35.2 Å². The summed E-state index contributed by atoms with van der Waals surface area (Å²) in [5, 5.41) is 9.45. The summed E-state index contributed by atoms with van der Waals surface area (Å²) in [5.41, 5.74) is 0.890. The molecule has 0 aliphatic carbocycles. The Hall–Kier alpha value is -3.86. The van der Waals surface area contributed by atoms with Crippen LogP contribution in [0.15, 0.2) is 65.5 Å². The van der Waals surface area contributed by atoms with Crippen LogP contribution >= 0.6 is 0 Å². The lowest BCUT2D eigenvalue weighted by molar-refractivity contribution is 0.275. The van der Waals surface area contributed by atoms with Crippen molar-refractivity contribution in [1.29, 1.82) is 0 Å². The first-order valence-corrected chi connectivity index (χ1v) is 9.98. The molecule has 0 saturated heterocycles. The van der Waals surface area contributed by atoms with Gasteiger partial charge in [0.1, 0.15) is 23.0 Å². The second kappa shape index (κ2) is 7.68. The average Bonchev–Trinajstić information content (AvgIpc) is 3.32. The van der Waals surface area contributed by atoms with Crippen molar-refractivity contribution in [3.05, 3.63) is 82.7 Å². The fourth-order valence-corrected chi connectivity index (χ4v) is 3.89. The van der Waals surface area contributed by atoms with E-state index in [9.17, 15) is 18.7 Å². The van der Waals surface area contributed by atoms with Crippen LogP contribution in [0.5, 0.6) is 0 Å². The maximum absolute atomic E-state index is 13.6. The topological polar surface area (TPSA) is 92.3 Å². The van der Waals surface area contributed by atoms with Gasteiger partial charge in [0.2, 0.25) is 5.95 Å². The molecule has 9 nitrogen and oxygen atoms in total. The maximum atomic E-state index is 13.6. The van der Waals surface area contributed by atoms with E-state index in [0.717, 1.165) is 6.20 Å². The molecular formula is C21H19F2N7O2. The van der Waals surface area contributed by atoms with Gasteiger partial charge in [-0.1, -0.05) is 0 Å². The van der Waals surface area contributed by atoms with Crippen LogP contribution in [0.1, 0.15) is 18.7 Å². The fourth-order valence-electron chi connectivity index (χ4n) is 3.89. The number of fused-ring (bicyclic) bond motifs is 2. The molecule has 11 heteroatoms. The van der Waals surface area contributed by atoms with E-state index in [1.165, 1.54) is 33.5 Å². The first-order valence-electron chi connectivity index (χ1n) is 9.98. The second-order valence-corrected chi connectivity index (χ2v) is 7.42. The van der Waals surface area contributed by atoms with E-state index in [0.29, 0.717) is 28.6 Å². The number of hydrogen-bond donors (Lipinski definition) is 1. The highest BCUT2D eigenvalue weighted by Gasteiger charge is 2.28. The van der Waals surface area contributed by atoms with Crippen molar-refractivity contribution in [1.82, 2.24) is 29.0 Å². The Balaban J connectivity index is 1.65. The molecule has 0 aromatic carbocycles. The van der Waals surface area contributed by atoms with E-state index in [1.807, 2.05) is 0 Å². The molecule has 0 saturated carbocycles. The zero-order valence-electron chi connectivity index (χ0n) is 17.1. The van der Waals surface area contributed by atoms with Crippen LogP contribution in [-0.4, -0.2) is 47.2 Å². The first-order chi connectivity index (χ1) is 15.5. The van der Waals surface area contributed by atoms with E-state index >= 15 is 0 Å². The summed E-state index contributed by atoms with van der Waals surface area (Å²) in [4.78, 5) is 29.8. The van der Waals surface area contributed by atoms with Crippen molar-refractivity contribution in [3.8, 4) is 0 Å². The van der Waals surface area contributed by atoms with E-state index in [4.69, 9.17) is 0 Å². The maximum Gasteiger partial charge on any atom is 0.331 e. The Bertz CT molecular complexity index is 1340. The summed E-state index contributed by atoms with van der Waals surface area (Å²) in [5.74, 6) is 0.249. The van der Waals surface area contributed by atoms with Crippen LogP contribution in [0.25, 0.3) is 11.2 Å². The van der Waals surface area contributed by atoms with Gasteiger partial charge in [0.05, 0.1) is 43.8 Å². The molecule has 3 aromatic rings. The molecule has 0 bridgehead atoms. The number of anilines is 1. The molecule has 32 heavy (non-hydrogen) atoms. The van der Waals surface area contributed by atoms with Crippen LogP contribution in [0.2, 0.25) is 0 Å². The summed E-state index contributed by atoms with van der Waals surface area (Å²) < 4.78 is 29.8. The fraction of sp³-hybridized carbons (Fsp3) is 0.238. The van der Waals surface area contributed by atoms with Crippen molar-refractivity contribution in [2.24, 2.45) is 0 Å². The SMILES string of the molecule is C[C@H](c1ccc(F)cn1)n1c(=O)n(CCO)c2cnc(N3C=CN4CC(F)=CC=C43)nc21. The van der Waals surface area contributed by atoms with E-state index in [-0.39, 0.29) is 31.2 Å². The second-order valence-electron chi connectivity index (χ2n) is 7.42. The van der Waals surface area contributed by atoms with Gasteiger partial charge >= 0.3 is 5.69 Å². The predicted octanol–water partition coefficient (Wildman–Crippen LogP) is 2.03. The molecule has 0 radical (unpaired) electrons. The summed E-state index contributed by atoms with van der Waals surface area (Å²) >= 11 is 0. The number of nitrogens with zero attached hydrogens (tertiary/aromatic N) is 7. The molecule has 1 N–H and O–H groups in total. The average molecular weight is 439 g/mol. The predicted molar refractivity (Wildman–Crippen MR) is 112 cm³/mol. The van der Waals surface area contributed by atoms with Crippen molar-refractivity contribution >= 4 is 17.1 Å². The molecule has 0 spiro atoms. The Morgan fingerprint density at radius 1 is 1.16 bits per heavy atom. The number of aromatic nitrogens is 5. The van der Waals surface area contributed by atoms with Crippen LogP contribution in [0.3, 0.4) is 0 Å². The van der Waals surface area contributed by atoms with Crippen LogP contribution in [-0.2, 0) is 6.54 Å². The standard InChI is InChI=1S/C21H19F2N7O2/c1-13(16-4-2-14(22)10-24-16)30-19-17(28(8-9-31)21(30)32)11-25-20(26-19)29-7-6-27-12-15(23)3-5-18(27)29/h2-7,10-11,13,31H,8-9,12H2,1H3/t13-/m1/s1. The third-order valence-corrected chi connectivity index (χ3v) is 5.47. The Kier molecular flexibility index (Phi) is 4.82. The number of aliphatic hydroxyl groups excluding tert-OH is 1. The highest BCUT2D eigenvalue weighted by Crippen LogP contribution is 2.29. The first kappa shape index (κ1) is 20.1. The Labute approximate surface area is 180 Å². The molecule has 0 amide bonds. The van der Waals surface area contributed by atoms with Gasteiger partial charge < -0.3 is 10.0 Å². The van der Waals surface area contributed by atoms with Crippen LogP contribution in [0.4, 0.5) is 14.7 Å². The van der Waals surface area contributed by atoms with Gasteiger partial charge in [-0.3, -0.25) is 19.0 Å². The van der Waals surface area contributed by atoms with Gasteiger partial charge in [0, 0.05) is 12.4 Å². The molecule has 2 aliphatic heterocycles. The lowest BCUT2D eigenvalue weighted by Gasteiger charge is -2.25. The number of allylic oxidation sites excluding steroid dienone is 2. The largest absolute Gasteiger partial charge is 0.395 e. The van der Waals surface area contributed by atoms with E-state index < -0.39 is 11.9 Å². The molecule has 0 fully saturated rings. The number of aliphatic hydroxyl groups is 1. The molecule has 5 heterocycles. The minimum atomic E-state index is -0.551. The van der Waals surface area contributed by atoms with Crippen LogP contribution in [0, 0.1) is 5.82 Å². The minimum Gasteiger partial charge on any atom is -0.395 e. The summed E-state index contributed by atoms with van der Waals surface area (Å²) in [6.07, 6.45) is 9.07. The van der Waals surface area contributed by atoms with Crippen molar-refractivity contribution in [2.75, 3.05) is 18.1 Å². The Morgan fingerprint density at radius 2 is 2.00 bits per heavy atom. The third-order valence-electron chi connectivity index (χ3n) is 5.47. The van der Waals surface area contributed by atoms with Crippen molar-refractivity contribution in [3.63, 3.8) is 0 Å². The lowest BCUT2D eigenvalue weighted by atomic mass is 10.2. The van der Waals surface area contributed by atoms with Gasteiger partial charge in [-0.2, -0.15) is 4.98 Å². The number of pyridine rings is 1. The van der Waals surface area contributed by atoms with E-state index in [2.05, 4.69) is 15.0 Å². The van der Waals surface area contributed by atoms with Crippen molar-refractivity contribution in [2.45, 2.75) is 19.5 Å². The highest BCUT2D eigenvalue weighted by atomic mass is 19.1. The summed E-state index contributed by atoms with van der Waals surface area (Å²) in [6, 6.07) is 2.24. The number of imidazole rings is 1. The van der Waals surface area contributed by atoms with Crippen molar-refractivity contribution < 1.29 is 13.9 Å². The molecule has 5 rings (SSSR count). The summed E-state index contributed by atoms with van der Waals surface area (Å²) in [6.45, 7) is 1.71. The van der Waals surface area contributed by atoms with Gasteiger partial charge in [-0.25, -0.2) is 18.6 Å². The molecule has 1 atom stereocenters. The lowest BCUT2D eigenvalue weighted by Crippen LogP contribution is -2.28. The zero-order valence-corrected chi connectivity index (χ0v) is 17.1. The minimum absolute atomic E-state index is 0.0707. The number of hydrogen-bond acceptors (Lipinski definition) is 7. The van der Waals surface area contributed by atoms with Gasteiger partial charge in [-0.15, -0.1) is 0 Å². The third kappa shape index (κ3) is 3.17. The Morgan fingerprint density at radius 3 is 2.75 bits per heavy atom. The number of rotatable bonds is 5. The van der Waals surface area contributed by atoms with Gasteiger partial charge in [0.15, 0.2) is 5.65 Å². The smallest absolute Gasteiger partial charge is 0.331 e. The highest BCUT2D eigenvalue weighted by molar-refractivity contribution is 5.73. The molecular weight excluding hydrogens is 420 g/mol. The van der Waals surface area contributed by atoms with Gasteiger partial charge in [0.25, 0.3) is 0 Å². The molecule has 3 aromatic heterocycles. The summed E-state index contributed by atoms with van der Waals surface area (Å²) in [7, 11) is 0. The molecule has 0 unspecified atom stereocenters. The molecule has 2 aliphatic rings. The van der Waals surface area contributed by atoms with Crippen LogP contribution < -0.4 is 10.6 Å². The normalized spacial score (nSPS) is 16.4. The van der Waals surface area contributed by atoms with Gasteiger partial charge in [-0.05, 0) is 31.2 Å². The quantitative estimate of drug-likeness (QED) is 0.650. The molecule has 164 valence electrons. The number of halogens is 2. The monoisotopic (exact) mass is 439 g/mol.